The van der Waals surface area contributed by atoms with Crippen molar-refractivity contribution in [3.8, 4) is 0 Å². The molecule has 0 amide bonds. The van der Waals surface area contributed by atoms with Gasteiger partial charge in [-0.2, -0.15) is 13.2 Å². The lowest BCUT2D eigenvalue weighted by Crippen LogP contribution is -2.23. The van der Waals surface area contributed by atoms with E-state index in [4.69, 9.17) is 0 Å². The lowest BCUT2D eigenvalue weighted by atomic mass is 9.91. The molecular formula is C15H12F3. The van der Waals surface area contributed by atoms with E-state index in [2.05, 4.69) is 0 Å². The van der Waals surface area contributed by atoms with Gasteiger partial charge in [0.15, 0.2) is 0 Å². The minimum absolute atomic E-state index is 0.103. The summed E-state index contributed by atoms with van der Waals surface area (Å²) in [5, 5.41) is 0. The van der Waals surface area contributed by atoms with Gasteiger partial charge >= 0.3 is 6.18 Å². The standard InChI is InChI=1S/C15H12F3/c16-15(17,18)14(13-9-5-2-6-10-13)11-12-7-3-1-4-8-12/h1-10H,11H2. The highest BCUT2D eigenvalue weighted by molar-refractivity contribution is 5.36. The molecule has 2 rings (SSSR count). The lowest BCUT2D eigenvalue weighted by Gasteiger charge is -2.19. The van der Waals surface area contributed by atoms with Crippen molar-refractivity contribution in [1.82, 2.24) is 0 Å². The summed E-state index contributed by atoms with van der Waals surface area (Å²) in [7, 11) is 0. The van der Waals surface area contributed by atoms with E-state index < -0.39 is 12.1 Å². The van der Waals surface area contributed by atoms with Crippen molar-refractivity contribution in [3.63, 3.8) is 0 Å². The molecule has 0 saturated heterocycles. The second-order valence-electron chi connectivity index (χ2n) is 4.00. The number of benzene rings is 2. The van der Waals surface area contributed by atoms with E-state index in [9.17, 15) is 13.2 Å². The van der Waals surface area contributed by atoms with Crippen LogP contribution in [0.15, 0.2) is 60.7 Å². The molecule has 0 aliphatic heterocycles. The van der Waals surface area contributed by atoms with Gasteiger partial charge in [-0.3, -0.25) is 0 Å². The molecule has 1 radical (unpaired) electrons. The van der Waals surface area contributed by atoms with Crippen molar-refractivity contribution in [1.29, 1.82) is 0 Å². The monoisotopic (exact) mass is 249 g/mol. The zero-order chi connectivity index (χ0) is 13.0. The van der Waals surface area contributed by atoms with Gasteiger partial charge in [0.25, 0.3) is 0 Å². The molecule has 0 fully saturated rings. The van der Waals surface area contributed by atoms with Gasteiger partial charge in [0.2, 0.25) is 0 Å². The molecule has 0 atom stereocenters. The highest BCUT2D eigenvalue weighted by Gasteiger charge is 2.41. The van der Waals surface area contributed by atoms with Crippen molar-refractivity contribution in [2.75, 3.05) is 0 Å². The van der Waals surface area contributed by atoms with Crippen molar-refractivity contribution >= 4 is 0 Å². The van der Waals surface area contributed by atoms with Gasteiger partial charge < -0.3 is 0 Å². The van der Waals surface area contributed by atoms with E-state index in [0.29, 0.717) is 5.56 Å². The SMILES string of the molecule is FC(F)(F)[C](Cc1ccccc1)c1ccccc1. The molecule has 0 bridgehead atoms. The van der Waals surface area contributed by atoms with Gasteiger partial charge in [-0.1, -0.05) is 60.7 Å². The van der Waals surface area contributed by atoms with Gasteiger partial charge in [-0.05, 0) is 17.5 Å². The fourth-order valence-electron chi connectivity index (χ4n) is 1.81. The summed E-state index contributed by atoms with van der Waals surface area (Å²) >= 11 is 0. The Morgan fingerprint density at radius 3 is 1.78 bits per heavy atom. The lowest BCUT2D eigenvalue weighted by molar-refractivity contribution is -0.110. The van der Waals surface area contributed by atoms with Crippen molar-refractivity contribution in [2.24, 2.45) is 0 Å². The molecule has 2 aromatic rings. The van der Waals surface area contributed by atoms with Gasteiger partial charge in [-0.25, -0.2) is 0 Å². The summed E-state index contributed by atoms with van der Waals surface area (Å²) < 4.78 is 39.2. The minimum Gasteiger partial charge on any atom is -0.170 e. The maximum absolute atomic E-state index is 13.1. The smallest absolute Gasteiger partial charge is 0.170 e. The van der Waals surface area contributed by atoms with E-state index in [1.54, 1.807) is 48.5 Å². The molecule has 18 heavy (non-hydrogen) atoms. The molecule has 0 aliphatic rings. The van der Waals surface area contributed by atoms with Crippen LogP contribution in [-0.4, -0.2) is 6.18 Å². The van der Waals surface area contributed by atoms with Crippen molar-refractivity contribution < 1.29 is 13.2 Å². The Morgan fingerprint density at radius 2 is 1.28 bits per heavy atom. The summed E-state index contributed by atoms with van der Waals surface area (Å²) in [6, 6.07) is 16.6. The quantitative estimate of drug-likeness (QED) is 0.755. The summed E-state index contributed by atoms with van der Waals surface area (Å²) in [5.41, 5.74) is 0.891. The number of halogens is 3. The molecule has 0 unspecified atom stereocenters. The van der Waals surface area contributed by atoms with Crippen LogP contribution < -0.4 is 0 Å². The Balaban J connectivity index is 2.28. The van der Waals surface area contributed by atoms with Crippen LogP contribution in [0.4, 0.5) is 13.2 Å². The van der Waals surface area contributed by atoms with E-state index in [1.165, 1.54) is 12.1 Å². The summed E-state index contributed by atoms with van der Waals surface area (Å²) in [6.07, 6.45) is -4.41. The minimum atomic E-state index is -4.31. The first-order valence-corrected chi connectivity index (χ1v) is 5.60. The second kappa shape index (κ2) is 5.25. The van der Waals surface area contributed by atoms with E-state index >= 15 is 0 Å². The van der Waals surface area contributed by atoms with E-state index in [0.717, 1.165) is 0 Å². The first-order valence-electron chi connectivity index (χ1n) is 5.60. The fourth-order valence-corrected chi connectivity index (χ4v) is 1.81. The third kappa shape index (κ3) is 3.13. The Morgan fingerprint density at radius 1 is 0.778 bits per heavy atom. The molecule has 0 heterocycles. The third-order valence-electron chi connectivity index (χ3n) is 2.69. The van der Waals surface area contributed by atoms with Gasteiger partial charge in [-0.15, -0.1) is 0 Å². The predicted molar refractivity (Wildman–Crippen MR) is 65.0 cm³/mol. The molecule has 2 aromatic carbocycles. The molecule has 0 saturated carbocycles. The van der Waals surface area contributed by atoms with Crippen LogP contribution in [-0.2, 0) is 6.42 Å². The molecule has 0 aliphatic carbocycles. The third-order valence-corrected chi connectivity index (χ3v) is 2.69. The van der Waals surface area contributed by atoms with Gasteiger partial charge in [0.1, 0.15) is 5.92 Å². The molecule has 0 aromatic heterocycles. The van der Waals surface area contributed by atoms with Gasteiger partial charge in [0, 0.05) is 0 Å². The molecule has 0 N–H and O–H groups in total. The Kier molecular flexibility index (Phi) is 3.70. The van der Waals surface area contributed by atoms with E-state index in [-0.39, 0.29) is 12.0 Å². The normalized spacial score (nSPS) is 11.8. The Hall–Kier alpha value is -1.77. The predicted octanol–water partition coefficient (Wildman–Crippen LogP) is 4.41. The van der Waals surface area contributed by atoms with E-state index in [1.807, 2.05) is 0 Å². The van der Waals surface area contributed by atoms with Crippen LogP contribution in [0, 0.1) is 5.92 Å². The number of alkyl halides is 3. The summed E-state index contributed by atoms with van der Waals surface area (Å²) in [4.78, 5) is 0. The Bertz CT molecular complexity index is 474. The maximum Gasteiger partial charge on any atom is 0.399 e. The van der Waals surface area contributed by atoms with Crippen LogP contribution in [0.1, 0.15) is 11.1 Å². The number of hydrogen-bond donors (Lipinski definition) is 0. The zero-order valence-electron chi connectivity index (χ0n) is 9.61. The molecule has 0 spiro atoms. The van der Waals surface area contributed by atoms with Crippen LogP contribution in [0.25, 0.3) is 0 Å². The summed E-state index contributed by atoms with van der Waals surface area (Å²) in [5.74, 6) is -0.505. The fraction of sp³-hybridized carbons (Fsp3) is 0.133. The van der Waals surface area contributed by atoms with Crippen molar-refractivity contribution in [3.05, 3.63) is 77.7 Å². The van der Waals surface area contributed by atoms with Crippen LogP contribution in [0.2, 0.25) is 0 Å². The largest absolute Gasteiger partial charge is 0.399 e. The molecule has 0 nitrogen and oxygen atoms in total. The highest BCUT2D eigenvalue weighted by Crippen LogP contribution is 2.36. The number of hydrogen-bond acceptors (Lipinski definition) is 0. The maximum atomic E-state index is 13.1. The molecular weight excluding hydrogens is 237 g/mol. The van der Waals surface area contributed by atoms with Crippen molar-refractivity contribution in [2.45, 2.75) is 12.6 Å². The first-order chi connectivity index (χ1) is 8.57. The highest BCUT2D eigenvalue weighted by atomic mass is 19.4. The Labute approximate surface area is 104 Å². The first kappa shape index (κ1) is 12.7. The van der Waals surface area contributed by atoms with Crippen LogP contribution in [0.5, 0.6) is 0 Å². The van der Waals surface area contributed by atoms with Crippen LogP contribution >= 0.6 is 0 Å². The molecule has 93 valence electrons. The average Bonchev–Trinajstić information content (AvgIpc) is 2.37. The van der Waals surface area contributed by atoms with Gasteiger partial charge in [0.05, 0.1) is 0 Å². The topological polar surface area (TPSA) is 0 Å². The average molecular weight is 249 g/mol. The summed E-state index contributed by atoms with van der Waals surface area (Å²) in [6.45, 7) is 0. The zero-order valence-corrected chi connectivity index (χ0v) is 9.61. The second-order valence-corrected chi connectivity index (χ2v) is 4.00. The molecule has 3 heteroatoms. The number of rotatable bonds is 3. The van der Waals surface area contributed by atoms with Crippen LogP contribution in [0.3, 0.4) is 0 Å².